The zero-order valence-corrected chi connectivity index (χ0v) is 26.0. The number of amides is 1. The number of rotatable bonds is 24. The second-order valence-corrected chi connectivity index (χ2v) is 11.6. The molecular weight excluding hydrogens is 490 g/mol. The molecule has 0 aliphatic rings. The highest BCUT2D eigenvalue weighted by molar-refractivity contribution is 5.86. The van der Waals surface area contributed by atoms with Crippen molar-refractivity contribution in [2.75, 3.05) is 5.32 Å². The van der Waals surface area contributed by atoms with Crippen molar-refractivity contribution in [2.24, 2.45) is 0 Å². The van der Waals surface area contributed by atoms with Crippen molar-refractivity contribution < 1.29 is 9.53 Å². The summed E-state index contributed by atoms with van der Waals surface area (Å²) in [6.07, 6.45) is 28.4. The molecule has 0 spiro atoms. The van der Waals surface area contributed by atoms with E-state index in [2.05, 4.69) is 31.3 Å². The molecule has 1 N–H and O–H groups in total. The summed E-state index contributed by atoms with van der Waals surface area (Å²) in [6, 6.07) is 15.8. The van der Waals surface area contributed by atoms with Crippen molar-refractivity contribution in [1.29, 1.82) is 0 Å². The lowest BCUT2D eigenvalue weighted by atomic mass is 9.95. The Balaban J connectivity index is 1.82. The second kappa shape index (κ2) is 23.4. The van der Waals surface area contributed by atoms with Gasteiger partial charge in [0.1, 0.15) is 5.75 Å². The topological polar surface area (TPSA) is 38.3 Å². The molecule has 2 rings (SSSR count). The van der Waals surface area contributed by atoms with Crippen molar-refractivity contribution in [3.8, 4) is 5.75 Å². The van der Waals surface area contributed by atoms with Gasteiger partial charge in [0.15, 0.2) is 0 Å². The van der Waals surface area contributed by atoms with Gasteiger partial charge < -0.3 is 4.74 Å². The average Bonchev–Trinajstić information content (AvgIpc) is 2.96. The van der Waals surface area contributed by atoms with Gasteiger partial charge >= 0.3 is 6.09 Å². The third-order valence-electron chi connectivity index (χ3n) is 8.03. The lowest BCUT2D eigenvalue weighted by Crippen LogP contribution is -2.18. The molecule has 1 amide bonds. The number of benzene rings is 2. The standard InChI is InChI=1S/C37H59NO2/c1-3-5-7-9-11-13-15-17-19-22-27-33-28-26-32-36(40-37(39)38-34-29-23-21-24-30-34)35(33)31-25-20-18-16-14-12-10-8-6-4-2/h21,23-24,26,28-30,32H,3-20,22,25,27,31H2,1-2H3,(H,38,39). The Hall–Kier alpha value is -2.29. The lowest BCUT2D eigenvalue weighted by Gasteiger charge is -2.15. The van der Waals surface area contributed by atoms with Gasteiger partial charge in [-0.15, -0.1) is 0 Å². The summed E-state index contributed by atoms with van der Waals surface area (Å²) in [5.74, 6) is 0.730. The lowest BCUT2D eigenvalue weighted by molar-refractivity contribution is 0.214. The summed E-state index contributed by atoms with van der Waals surface area (Å²) in [5, 5.41) is 2.87. The van der Waals surface area contributed by atoms with Gasteiger partial charge in [-0.05, 0) is 55.0 Å². The van der Waals surface area contributed by atoms with Crippen LogP contribution in [0.4, 0.5) is 10.5 Å². The third kappa shape index (κ3) is 16.1. The van der Waals surface area contributed by atoms with E-state index in [1.807, 2.05) is 36.4 Å². The van der Waals surface area contributed by atoms with Crippen LogP contribution in [0.2, 0.25) is 0 Å². The van der Waals surface area contributed by atoms with Crippen molar-refractivity contribution in [2.45, 2.75) is 155 Å². The van der Waals surface area contributed by atoms with Gasteiger partial charge in [0.25, 0.3) is 0 Å². The molecule has 0 heterocycles. The van der Waals surface area contributed by atoms with Crippen LogP contribution in [0, 0.1) is 0 Å². The first-order valence-electron chi connectivity index (χ1n) is 16.9. The van der Waals surface area contributed by atoms with E-state index in [0.29, 0.717) is 0 Å². The fourth-order valence-corrected chi connectivity index (χ4v) is 5.58. The predicted molar refractivity (Wildman–Crippen MR) is 174 cm³/mol. The Bertz CT molecular complexity index is 879. The molecule has 0 atom stereocenters. The maximum Gasteiger partial charge on any atom is 0.417 e. The summed E-state index contributed by atoms with van der Waals surface area (Å²) in [5.41, 5.74) is 3.35. The Morgan fingerprint density at radius 2 is 1.02 bits per heavy atom. The smallest absolute Gasteiger partial charge is 0.410 e. The van der Waals surface area contributed by atoms with E-state index in [-0.39, 0.29) is 0 Å². The number of carbonyl (C=O) groups excluding carboxylic acids is 1. The van der Waals surface area contributed by atoms with Gasteiger partial charge in [0, 0.05) is 5.69 Å². The molecule has 0 aliphatic carbocycles. The fraction of sp³-hybridized carbons (Fsp3) is 0.649. The predicted octanol–water partition coefficient (Wildman–Crippen LogP) is 12.2. The molecule has 0 saturated heterocycles. The number of hydrogen-bond donors (Lipinski definition) is 1. The van der Waals surface area contributed by atoms with Crippen molar-refractivity contribution in [3.05, 3.63) is 59.7 Å². The number of carbonyl (C=O) groups is 1. The quantitative estimate of drug-likeness (QED) is 0.132. The van der Waals surface area contributed by atoms with Crippen molar-refractivity contribution >= 4 is 11.8 Å². The molecule has 0 aliphatic heterocycles. The highest BCUT2D eigenvalue weighted by Gasteiger charge is 2.13. The Labute approximate surface area is 246 Å². The van der Waals surface area contributed by atoms with E-state index >= 15 is 0 Å². The van der Waals surface area contributed by atoms with E-state index in [4.69, 9.17) is 4.74 Å². The Morgan fingerprint density at radius 1 is 0.550 bits per heavy atom. The van der Waals surface area contributed by atoms with Crippen molar-refractivity contribution in [1.82, 2.24) is 0 Å². The summed E-state index contributed by atoms with van der Waals surface area (Å²) in [7, 11) is 0. The van der Waals surface area contributed by atoms with E-state index in [9.17, 15) is 4.79 Å². The molecule has 224 valence electrons. The molecule has 2 aromatic carbocycles. The van der Waals surface area contributed by atoms with Gasteiger partial charge in [0.2, 0.25) is 0 Å². The minimum absolute atomic E-state index is 0.411. The van der Waals surface area contributed by atoms with E-state index in [0.717, 1.165) is 30.7 Å². The first kappa shape index (κ1) is 33.9. The van der Waals surface area contributed by atoms with E-state index in [1.54, 1.807) is 0 Å². The van der Waals surface area contributed by atoms with Gasteiger partial charge in [-0.3, -0.25) is 5.32 Å². The molecule has 0 radical (unpaired) electrons. The zero-order valence-electron chi connectivity index (χ0n) is 26.0. The average molecular weight is 550 g/mol. The highest BCUT2D eigenvalue weighted by Crippen LogP contribution is 2.27. The third-order valence-corrected chi connectivity index (χ3v) is 8.03. The normalized spacial score (nSPS) is 11.1. The van der Waals surface area contributed by atoms with Crippen LogP contribution in [0.15, 0.2) is 48.5 Å². The largest absolute Gasteiger partial charge is 0.417 e. The summed E-state index contributed by atoms with van der Waals surface area (Å²) >= 11 is 0. The van der Waals surface area contributed by atoms with Crippen LogP contribution in [0.25, 0.3) is 0 Å². The van der Waals surface area contributed by atoms with Crippen LogP contribution >= 0.6 is 0 Å². The number of para-hydroxylation sites is 1. The first-order chi connectivity index (χ1) is 19.7. The van der Waals surface area contributed by atoms with Crippen LogP contribution in [0.1, 0.15) is 153 Å². The molecule has 3 nitrogen and oxygen atoms in total. The highest BCUT2D eigenvalue weighted by atomic mass is 16.6. The number of hydrogen-bond acceptors (Lipinski definition) is 2. The maximum absolute atomic E-state index is 12.7. The first-order valence-corrected chi connectivity index (χ1v) is 16.9. The van der Waals surface area contributed by atoms with Crippen LogP contribution in [-0.4, -0.2) is 6.09 Å². The molecule has 40 heavy (non-hydrogen) atoms. The number of aryl methyl sites for hydroxylation is 1. The monoisotopic (exact) mass is 549 g/mol. The Morgan fingerprint density at radius 3 is 1.55 bits per heavy atom. The van der Waals surface area contributed by atoms with Gasteiger partial charge in [0.05, 0.1) is 0 Å². The number of nitrogens with one attached hydrogen (secondary N) is 1. The molecule has 0 fully saturated rings. The molecule has 2 aromatic rings. The maximum atomic E-state index is 12.7. The van der Waals surface area contributed by atoms with Gasteiger partial charge in [-0.2, -0.15) is 0 Å². The summed E-state index contributed by atoms with van der Waals surface area (Å²) in [4.78, 5) is 12.7. The van der Waals surface area contributed by atoms with Crippen molar-refractivity contribution in [3.63, 3.8) is 0 Å². The minimum atomic E-state index is -0.411. The molecular formula is C37H59NO2. The van der Waals surface area contributed by atoms with E-state index in [1.165, 1.54) is 133 Å². The minimum Gasteiger partial charge on any atom is -0.410 e. The molecule has 0 unspecified atom stereocenters. The number of anilines is 1. The summed E-state index contributed by atoms with van der Waals surface area (Å²) in [6.45, 7) is 4.56. The van der Waals surface area contributed by atoms with Crippen LogP contribution in [0.3, 0.4) is 0 Å². The molecule has 0 bridgehead atoms. The summed E-state index contributed by atoms with van der Waals surface area (Å²) < 4.78 is 5.88. The zero-order chi connectivity index (χ0) is 28.5. The van der Waals surface area contributed by atoms with Crippen LogP contribution in [-0.2, 0) is 12.8 Å². The molecule has 0 aromatic heterocycles. The number of ether oxygens (including phenoxy) is 1. The Kier molecular flexibility index (Phi) is 19.9. The molecule has 0 saturated carbocycles. The second-order valence-electron chi connectivity index (χ2n) is 11.6. The van der Waals surface area contributed by atoms with Crippen LogP contribution in [0.5, 0.6) is 5.75 Å². The van der Waals surface area contributed by atoms with Gasteiger partial charge in [-0.25, -0.2) is 4.79 Å². The van der Waals surface area contributed by atoms with Crippen LogP contribution < -0.4 is 10.1 Å². The number of unbranched alkanes of at least 4 members (excludes halogenated alkanes) is 18. The van der Waals surface area contributed by atoms with Gasteiger partial charge in [-0.1, -0.05) is 160 Å². The fourth-order valence-electron chi connectivity index (χ4n) is 5.58. The SMILES string of the molecule is CCCCCCCCCCCCc1cccc(OC(=O)Nc2ccccc2)c1CCCCCCCCCCCC. The molecule has 3 heteroatoms. The van der Waals surface area contributed by atoms with E-state index < -0.39 is 6.09 Å².